The molecule has 0 bridgehead atoms. The second-order valence-electron chi connectivity index (χ2n) is 6.01. The van der Waals surface area contributed by atoms with E-state index in [-0.39, 0.29) is 0 Å². The van der Waals surface area contributed by atoms with Crippen molar-refractivity contribution in [1.82, 2.24) is 15.1 Å². The molecule has 0 atom stereocenters. The lowest BCUT2D eigenvalue weighted by atomic mass is 10.2. The molecule has 0 aliphatic carbocycles. The number of methoxy groups -OCH3 is 1. The van der Waals surface area contributed by atoms with E-state index in [1.54, 1.807) is 7.11 Å². The van der Waals surface area contributed by atoms with Crippen LogP contribution in [0.3, 0.4) is 0 Å². The van der Waals surface area contributed by atoms with Crippen molar-refractivity contribution in [2.45, 2.75) is 46.7 Å². The van der Waals surface area contributed by atoms with Gasteiger partial charge >= 0.3 is 0 Å². The van der Waals surface area contributed by atoms with Crippen LogP contribution in [-0.4, -0.2) is 30.0 Å². The van der Waals surface area contributed by atoms with Crippen molar-refractivity contribution in [3.8, 4) is 11.5 Å². The number of benzene rings is 1. The van der Waals surface area contributed by atoms with E-state index in [9.17, 15) is 0 Å². The van der Waals surface area contributed by atoms with Crippen LogP contribution in [0.1, 0.15) is 36.7 Å². The number of rotatable bonds is 10. The summed E-state index contributed by atoms with van der Waals surface area (Å²) in [6, 6.07) is 8.23. The zero-order chi connectivity index (χ0) is 17.4. The van der Waals surface area contributed by atoms with E-state index >= 15 is 0 Å². The van der Waals surface area contributed by atoms with Crippen molar-refractivity contribution in [3.05, 3.63) is 41.2 Å². The Hall–Kier alpha value is -2.01. The van der Waals surface area contributed by atoms with Crippen molar-refractivity contribution in [2.24, 2.45) is 0 Å². The fraction of sp³-hybridized carbons (Fsp3) is 0.526. The van der Waals surface area contributed by atoms with E-state index in [1.807, 2.05) is 19.1 Å². The summed E-state index contributed by atoms with van der Waals surface area (Å²) in [6.45, 7) is 9.65. The van der Waals surface area contributed by atoms with Crippen molar-refractivity contribution >= 4 is 0 Å². The highest BCUT2D eigenvalue weighted by atomic mass is 16.5. The zero-order valence-corrected chi connectivity index (χ0v) is 15.3. The van der Waals surface area contributed by atoms with E-state index in [0.29, 0.717) is 6.61 Å². The van der Waals surface area contributed by atoms with Crippen LogP contribution in [-0.2, 0) is 13.1 Å². The van der Waals surface area contributed by atoms with E-state index in [1.165, 1.54) is 11.3 Å². The molecule has 0 saturated heterocycles. The van der Waals surface area contributed by atoms with Crippen LogP contribution in [0.2, 0.25) is 0 Å². The van der Waals surface area contributed by atoms with Crippen molar-refractivity contribution in [3.63, 3.8) is 0 Å². The van der Waals surface area contributed by atoms with Crippen molar-refractivity contribution < 1.29 is 9.47 Å². The predicted molar refractivity (Wildman–Crippen MR) is 96.8 cm³/mol. The topological polar surface area (TPSA) is 48.3 Å². The lowest BCUT2D eigenvalue weighted by Crippen LogP contribution is -2.17. The fourth-order valence-corrected chi connectivity index (χ4v) is 2.64. The zero-order valence-electron chi connectivity index (χ0n) is 15.3. The van der Waals surface area contributed by atoms with Gasteiger partial charge in [0.25, 0.3) is 0 Å². The van der Waals surface area contributed by atoms with E-state index in [4.69, 9.17) is 9.47 Å². The van der Waals surface area contributed by atoms with Gasteiger partial charge in [0.05, 0.1) is 19.4 Å². The van der Waals surface area contributed by atoms with Crippen LogP contribution >= 0.6 is 0 Å². The number of hydrogen-bond acceptors (Lipinski definition) is 4. The van der Waals surface area contributed by atoms with E-state index in [0.717, 1.165) is 49.7 Å². The second kappa shape index (κ2) is 9.33. The number of hydrogen-bond donors (Lipinski definition) is 1. The molecule has 1 aromatic heterocycles. The SMILES string of the molecule is CCCOc1ccc(CNCCCn2nc(C)cc2C)cc1OC. The van der Waals surface area contributed by atoms with Crippen LogP contribution in [0.25, 0.3) is 0 Å². The van der Waals surface area contributed by atoms with Gasteiger partial charge in [-0.1, -0.05) is 13.0 Å². The van der Waals surface area contributed by atoms with Crippen molar-refractivity contribution in [1.29, 1.82) is 0 Å². The minimum Gasteiger partial charge on any atom is -0.493 e. The van der Waals surface area contributed by atoms with Crippen LogP contribution in [0, 0.1) is 13.8 Å². The third kappa shape index (κ3) is 5.27. The average molecular weight is 331 g/mol. The second-order valence-corrected chi connectivity index (χ2v) is 6.01. The van der Waals surface area contributed by atoms with Gasteiger partial charge in [-0.05, 0) is 57.0 Å². The quantitative estimate of drug-likeness (QED) is 0.677. The van der Waals surface area contributed by atoms with Crippen LogP contribution in [0.15, 0.2) is 24.3 Å². The first kappa shape index (κ1) is 18.3. The van der Waals surface area contributed by atoms with Crippen LogP contribution in [0.4, 0.5) is 0 Å². The molecule has 2 aromatic rings. The highest BCUT2D eigenvalue weighted by Crippen LogP contribution is 2.28. The Labute approximate surface area is 145 Å². The number of aryl methyl sites for hydroxylation is 3. The number of nitrogens with one attached hydrogen (secondary N) is 1. The maximum Gasteiger partial charge on any atom is 0.161 e. The maximum atomic E-state index is 5.68. The van der Waals surface area contributed by atoms with E-state index < -0.39 is 0 Å². The molecule has 0 aliphatic rings. The highest BCUT2D eigenvalue weighted by Gasteiger charge is 2.05. The van der Waals surface area contributed by atoms with Gasteiger partial charge < -0.3 is 14.8 Å². The number of ether oxygens (including phenoxy) is 2. The normalized spacial score (nSPS) is 10.8. The summed E-state index contributed by atoms with van der Waals surface area (Å²) in [5, 5.41) is 7.96. The van der Waals surface area contributed by atoms with Crippen LogP contribution in [0.5, 0.6) is 11.5 Å². The molecule has 132 valence electrons. The number of nitrogens with zero attached hydrogens (tertiary/aromatic N) is 2. The summed E-state index contributed by atoms with van der Waals surface area (Å²) in [4.78, 5) is 0. The molecule has 1 N–H and O–H groups in total. The molecule has 0 unspecified atom stereocenters. The van der Waals surface area contributed by atoms with Gasteiger partial charge in [0.1, 0.15) is 0 Å². The van der Waals surface area contributed by atoms with Gasteiger partial charge in [0.2, 0.25) is 0 Å². The first-order chi connectivity index (χ1) is 11.6. The number of aromatic nitrogens is 2. The molecule has 2 rings (SSSR count). The first-order valence-corrected chi connectivity index (χ1v) is 8.65. The summed E-state index contributed by atoms with van der Waals surface area (Å²) in [7, 11) is 1.68. The fourth-order valence-electron chi connectivity index (χ4n) is 2.64. The van der Waals surface area contributed by atoms with Gasteiger partial charge in [-0.2, -0.15) is 5.10 Å². The van der Waals surface area contributed by atoms with Gasteiger partial charge in [0.15, 0.2) is 11.5 Å². The van der Waals surface area contributed by atoms with Gasteiger partial charge in [-0.25, -0.2) is 0 Å². The molecule has 0 fully saturated rings. The Morgan fingerprint density at radius 3 is 2.67 bits per heavy atom. The van der Waals surface area contributed by atoms with Gasteiger partial charge in [-0.3, -0.25) is 4.68 Å². The summed E-state index contributed by atoms with van der Waals surface area (Å²) in [6.07, 6.45) is 2.04. The molecule has 1 heterocycles. The lowest BCUT2D eigenvalue weighted by Gasteiger charge is -2.12. The Kier molecular flexibility index (Phi) is 7.12. The molecule has 24 heavy (non-hydrogen) atoms. The molecule has 5 nitrogen and oxygen atoms in total. The first-order valence-electron chi connectivity index (χ1n) is 8.65. The van der Waals surface area contributed by atoms with E-state index in [2.05, 4.69) is 41.1 Å². The van der Waals surface area contributed by atoms with Gasteiger partial charge in [0, 0.05) is 18.8 Å². The monoisotopic (exact) mass is 331 g/mol. The predicted octanol–water partition coefficient (Wildman–Crippen LogP) is 3.48. The Morgan fingerprint density at radius 1 is 1.17 bits per heavy atom. The Balaban J connectivity index is 1.76. The third-order valence-electron chi connectivity index (χ3n) is 3.85. The van der Waals surface area contributed by atoms with Crippen LogP contribution < -0.4 is 14.8 Å². The molecule has 0 spiro atoms. The average Bonchev–Trinajstić information content (AvgIpc) is 2.90. The molecule has 0 radical (unpaired) electrons. The standard InChI is InChI=1S/C19H29N3O2/c1-5-11-24-18-8-7-17(13-19(18)23-4)14-20-9-6-10-22-16(3)12-15(2)21-22/h7-8,12-13,20H,5-6,9-11,14H2,1-4H3. The van der Waals surface area contributed by atoms with Crippen molar-refractivity contribution in [2.75, 3.05) is 20.3 Å². The maximum absolute atomic E-state index is 5.68. The summed E-state index contributed by atoms with van der Waals surface area (Å²) in [5.74, 6) is 1.61. The summed E-state index contributed by atoms with van der Waals surface area (Å²) < 4.78 is 13.2. The minimum absolute atomic E-state index is 0.709. The molecule has 5 heteroatoms. The largest absolute Gasteiger partial charge is 0.493 e. The highest BCUT2D eigenvalue weighted by molar-refractivity contribution is 5.42. The molecular weight excluding hydrogens is 302 g/mol. The Morgan fingerprint density at radius 2 is 2.00 bits per heavy atom. The smallest absolute Gasteiger partial charge is 0.161 e. The molecule has 1 aromatic carbocycles. The molecular formula is C19H29N3O2. The summed E-state index contributed by atoms with van der Waals surface area (Å²) >= 11 is 0. The molecule has 0 aliphatic heterocycles. The molecule has 0 saturated carbocycles. The lowest BCUT2D eigenvalue weighted by molar-refractivity contribution is 0.294. The summed E-state index contributed by atoms with van der Waals surface area (Å²) in [5.41, 5.74) is 3.50. The third-order valence-corrected chi connectivity index (χ3v) is 3.85. The molecule has 0 amide bonds. The Bertz CT molecular complexity index is 638. The van der Waals surface area contributed by atoms with Gasteiger partial charge in [-0.15, -0.1) is 0 Å². The minimum atomic E-state index is 0.709.